The second kappa shape index (κ2) is 6.75. The van der Waals surface area contributed by atoms with Gasteiger partial charge >= 0.3 is 0 Å². The fraction of sp³-hybridized carbons (Fsp3) is 0.353. The van der Waals surface area contributed by atoms with Crippen LogP contribution in [-0.2, 0) is 6.54 Å². The Kier molecular flexibility index (Phi) is 5.22. The van der Waals surface area contributed by atoms with Crippen LogP contribution in [0.25, 0.3) is 0 Å². The SMILES string of the molecule is Cc1cc(C(=O)N(C)Cc2ccc(C(C)C)cc2)sc1Br. The molecule has 1 aromatic heterocycles. The van der Waals surface area contributed by atoms with Gasteiger partial charge in [-0.05, 0) is 51.5 Å². The van der Waals surface area contributed by atoms with Crippen molar-refractivity contribution in [1.29, 1.82) is 0 Å². The molecule has 0 aliphatic heterocycles. The van der Waals surface area contributed by atoms with Crippen molar-refractivity contribution in [3.8, 4) is 0 Å². The molecule has 0 aliphatic carbocycles. The monoisotopic (exact) mass is 365 g/mol. The van der Waals surface area contributed by atoms with Crippen LogP contribution in [0.2, 0.25) is 0 Å². The molecule has 1 heterocycles. The topological polar surface area (TPSA) is 20.3 Å². The highest BCUT2D eigenvalue weighted by Gasteiger charge is 2.15. The Morgan fingerprint density at radius 1 is 1.29 bits per heavy atom. The smallest absolute Gasteiger partial charge is 0.264 e. The van der Waals surface area contributed by atoms with E-state index in [9.17, 15) is 4.79 Å². The first-order valence-electron chi connectivity index (χ1n) is 6.98. The van der Waals surface area contributed by atoms with E-state index in [0.717, 1.165) is 19.8 Å². The van der Waals surface area contributed by atoms with Gasteiger partial charge in [0.25, 0.3) is 5.91 Å². The average Bonchev–Trinajstić information content (AvgIpc) is 2.78. The number of halogens is 1. The van der Waals surface area contributed by atoms with Crippen molar-refractivity contribution in [1.82, 2.24) is 4.90 Å². The van der Waals surface area contributed by atoms with Gasteiger partial charge in [0.2, 0.25) is 0 Å². The van der Waals surface area contributed by atoms with E-state index in [2.05, 4.69) is 54.0 Å². The number of thiophene rings is 1. The van der Waals surface area contributed by atoms with E-state index < -0.39 is 0 Å². The molecule has 1 aromatic carbocycles. The molecule has 0 atom stereocenters. The molecule has 2 rings (SSSR count). The van der Waals surface area contributed by atoms with E-state index in [-0.39, 0.29) is 5.91 Å². The van der Waals surface area contributed by atoms with Crippen molar-refractivity contribution < 1.29 is 4.79 Å². The summed E-state index contributed by atoms with van der Waals surface area (Å²) >= 11 is 4.96. The maximum Gasteiger partial charge on any atom is 0.264 e. The molecule has 21 heavy (non-hydrogen) atoms. The lowest BCUT2D eigenvalue weighted by Crippen LogP contribution is -2.25. The van der Waals surface area contributed by atoms with Crippen molar-refractivity contribution >= 4 is 33.2 Å². The average molecular weight is 366 g/mol. The summed E-state index contributed by atoms with van der Waals surface area (Å²) < 4.78 is 1.03. The quantitative estimate of drug-likeness (QED) is 0.727. The van der Waals surface area contributed by atoms with Crippen LogP contribution < -0.4 is 0 Å². The highest BCUT2D eigenvalue weighted by Crippen LogP contribution is 2.28. The van der Waals surface area contributed by atoms with Crippen molar-refractivity contribution in [3.05, 3.63) is 55.7 Å². The Balaban J connectivity index is 2.06. The molecule has 1 amide bonds. The van der Waals surface area contributed by atoms with Crippen LogP contribution in [0, 0.1) is 6.92 Å². The minimum absolute atomic E-state index is 0.0711. The third-order valence-corrected chi connectivity index (χ3v) is 5.61. The number of aryl methyl sites for hydroxylation is 1. The van der Waals surface area contributed by atoms with Crippen LogP contribution in [0.15, 0.2) is 34.1 Å². The third-order valence-electron chi connectivity index (χ3n) is 3.48. The molecule has 0 unspecified atom stereocenters. The third kappa shape index (κ3) is 3.95. The second-order valence-electron chi connectivity index (χ2n) is 5.62. The summed E-state index contributed by atoms with van der Waals surface area (Å²) in [5, 5.41) is 0. The Hall–Kier alpha value is -1.13. The lowest BCUT2D eigenvalue weighted by molar-refractivity contribution is 0.0790. The lowest BCUT2D eigenvalue weighted by Gasteiger charge is -2.17. The number of hydrogen-bond acceptors (Lipinski definition) is 2. The molecular weight excluding hydrogens is 346 g/mol. The summed E-state index contributed by atoms with van der Waals surface area (Å²) in [6.45, 7) is 7.00. The number of rotatable bonds is 4. The molecule has 0 radical (unpaired) electrons. The summed E-state index contributed by atoms with van der Waals surface area (Å²) in [4.78, 5) is 14.9. The number of amides is 1. The van der Waals surface area contributed by atoms with Crippen LogP contribution in [-0.4, -0.2) is 17.9 Å². The van der Waals surface area contributed by atoms with Crippen molar-refractivity contribution in [2.75, 3.05) is 7.05 Å². The molecule has 0 fully saturated rings. The normalized spacial score (nSPS) is 11.0. The summed E-state index contributed by atoms with van der Waals surface area (Å²) in [5.41, 5.74) is 3.59. The molecule has 4 heteroatoms. The molecule has 0 bridgehead atoms. The minimum Gasteiger partial charge on any atom is -0.337 e. The number of hydrogen-bond donors (Lipinski definition) is 0. The van der Waals surface area contributed by atoms with Gasteiger partial charge in [-0.2, -0.15) is 0 Å². The number of carbonyl (C=O) groups is 1. The highest BCUT2D eigenvalue weighted by atomic mass is 79.9. The van der Waals surface area contributed by atoms with Gasteiger partial charge in [-0.3, -0.25) is 4.79 Å². The van der Waals surface area contributed by atoms with E-state index in [0.29, 0.717) is 12.5 Å². The maximum absolute atomic E-state index is 12.4. The fourth-order valence-electron chi connectivity index (χ4n) is 2.11. The molecule has 112 valence electrons. The second-order valence-corrected chi connectivity index (χ2v) is 7.99. The Morgan fingerprint density at radius 2 is 1.90 bits per heavy atom. The largest absolute Gasteiger partial charge is 0.337 e. The van der Waals surface area contributed by atoms with E-state index in [4.69, 9.17) is 0 Å². The molecule has 0 saturated carbocycles. The molecule has 0 aliphatic rings. The number of nitrogens with zero attached hydrogens (tertiary/aromatic N) is 1. The minimum atomic E-state index is 0.0711. The van der Waals surface area contributed by atoms with Crippen LogP contribution in [0.4, 0.5) is 0 Å². The molecule has 0 N–H and O–H groups in total. The molecule has 2 aromatic rings. The van der Waals surface area contributed by atoms with Gasteiger partial charge in [-0.25, -0.2) is 0 Å². The van der Waals surface area contributed by atoms with Crippen molar-refractivity contribution in [2.24, 2.45) is 0 Å². The zero-order valence-corrected chi connectivity index (χ0v) is 15.2. The van der Waals surface area contributed by atoms with E-state index >= 15 is 0 Å². The van der Waals surface area contributed by atoms with Gasteiger partial charge in [-0.1, -0.05) is 38.1 Å². The summed E-state index contributed by atoms with van der Waals surface area (Å²) in [6.07, 6.45) is 0. The van der Waals surface area contributed by atoms with Gasteiger partial charge < -0.3 is 4.90 Å². The van der Waals surface area contributed by atoms with Crippen molar-refractivity contribution in [2.45, 2.75) is 33.2 Å². The molecular formula is C17H20BrNOS. The molecule has 0 spiro atoms. The van der Waals surface area contributed by atoms with Crippen LogP contribution in [0.5, 0.6) is 0 Å². The number of carbonyl (C=O) groups excluding carboxylic acids is 1. The van der Waals surface area contributed by atoms with Gasteiger partial charge in [0.1, 0.15) is 0 Å². The zero-order chi connectivity index (χ0) is 15.6. The van der Waals surface area contributed by atoms with Crippen LogP contribution in [0.3, 0.4) is 0 Å². The maximum atomic E-state index is 12.4. The predicted octanol–water partition coefficient (Wildman–Crippen LogP) is 5.21. The highest BCUT2D eigenvalue weighted by molar-refractivity contribution is 9.11. The van der Waals surface area contributed by atoms with Gasteiger partial charge in [0.05, 0.1) is 8.66 Å². The molecule has 0 saturated heterocycles. The van der Waals surface area contributed by atoms with E-state index in [1.807, 2.05) is 20.0 Å². The first-order valence-corrected chi connectivity index (χ1v) is 8.59. The first-order chi connectivity index (χ1) is 9.88. The predicted molar refractivity (Wildman–Crippen MR) is 93.1 cm³/mol. The summed E-state index contributed by atoms with van der Waals surface area (Å²) in [7, 11) is 1.85. The van der Waals surface area contributed by atoms with Gasteiger partial charge in [0.15, 0.2) is 0 Å². The fourth-order valence-corrected chi connectivity index (χ4v) is 3.64. The Bertz CT molecular complexity index is 611. The Morgan fingerprint density at radius 3 is 2.38 bits per heavy atom. The van der Waals surface area contributed by atoms with Crippen molar-refractivity contribution in [3.63, 3.8) is 0 Å². The van der Waals surface area contributed by atoms with Crippen LogP contribution >= 0.6 is 27.3 Å². The van der Waals surface area contributed by atoms with Gasteiger partial charge in [0, 0.05) is 13.6 Å². The summed E-state index contributed by atoms with van der Waals surface area (Å²) in [6, 6.07) is 10.4. The summed E-state index contributed by atoms with van der Waals surface area (Å²) in [5.74, 6) is 0.603. The van der Waals surface area contributed by atoms with E-state index in [1.165, 1.54) is 16.9 Å². The first kappa shape index (κ1) is 16.2. The standard InChI is InChI=1S/C17H20BrNOS/c1-11(2)14-7-5-13(6-8-14)10-19(4)17(20)15-9-12(3)16(18)21-15/h5-9,11H,10H2,1-4H3. The molecule has 2 nitrogen and oxygen atoms in total. The Labute approximate surface area is 138 Å². The van der Waals surface area contributed by atoms with Gasteiger partial charge in [-0.15, -0.1) is 11.3 Å². The lowest BCUT2D eigenvalue weighted by atomic mass is 10.0. The number of benzene rings is 1. The van der Waals surface area contributed by atoms with E-state index in [1.54, 1.807) is 4.90 Å². The van der Waals surface area contributed by atoms with Crippen LogP contribution in [0.1, 0.15) is 46.1 Å². The zero-order valence-electron chi connectivity index (χ0n) is 12.8.